The van der Waals surface area contributed by atoms with E-state index < -0.39 is 0 Å². The van der Waals surface area contributed by atoms with Crippen molar-refractivity contribution >= 4 is 15.9 Å². The first-order valence-electron chi connectivity index (χ1n) is 3.70. The summed E-state index contributed by atoms with van der Waals surface area (Å²) in [7, 11) is 0. The van der Waals surface area contributed by atoms with Crippen LogP contribution in [0, 0.1) is 5.82 Å². The molecule has 0 saturated heterocycles. The van der Waals surface area contributed by atoms with Gasteiger partial charge in [-0.3, -0.25) is 0 Å². The van der Waals surface area contributed by atoms with Gasteiger partial charge in [-0.15, -0.1) is 0 Å². The van der Waals surface area contributed by atoms with E-state index in [1.54, 1.807) is 12.1 Å². The van der Waals surface area contributed by atoms with E-state index >= 15 is 0 Å². The van der Waals surface area contributed by atoms with E-state index in [1.807, 2.05) is 6.92 Å². The summed E-state index contributed by atoms with van der Waals surface area (Å²) in [6.45, 7) is 1.94. The van der Waals surface area contributed by atoms with Gasteiger partial charge >= 0.3 is 0 Å². The summed E-state index contributed by atoms with van der Waals surface area (Å²) in [5.74, 6) is 0.456. The third-order valence-electron chi connectivity index (χ3n) is 1.37. The molecule has 0 N–H and O–H groups in total. The van der Waals surface area contributed by atoms with Crippen molar-refractivity contribution in [2.75, 3.05) is 5.33 Å². The normalized spacial score (nSPS) is 12.6. The van der Waals surface area contributed by atoms with E-state index in [4.69, 9.17) is 4.74 Å². The molecule has 0 bridgehead atoms. The van der Waals surface area contributed by atoms with E-state index in [9.17, 15) is 4.39 Å². The van der Waals surface area contributed by atoms with Gasteiger partial charge in [0.1, 0.15) is 17.7 Å². The fourth-order valence-electron chi connectivity index (χ4n) is 0.777. The topological polar surface area (TPSA) is 9.23 Å². The van der Waals surface area contributed by atoms with Crippen molar-refractivity contribution < 1.29 is 9.13 Å². The molecule has 1 atom stereocenters. The fraction of sp³-hybridized carbons (Fsp3) is 0.333. The Morgan fingerprint density at radius 1 is 1.42 bits per heavy atom. The SMILES string of the molecule is C[C@H](CBr)Oc1ccc(F)cc1. The lowest BCUT2D eigenvalue weighted by Crippen LogP contribution is -2.12. The molecular weight excluding hydrogens is 223 g/mol. The van der Waals surface area contributed by atoms with Gasteiger partial charge in [-0.1, -0.05) is 15.9 Å². The first-order chi connectivity index (χ1) is 5.72. The zero-order chi connectivity index (χ0) is 8.97. The lowest BCUT2D eigenvalue weighted by molar-refractivity contribution is 0.248. The first-order valence-corrected chi connectivity index (χ1v) is 4.82. The van der Waals surface area contributed by atoms with Crippen molar-refractivity contribution in [3.63, 3.8) is 0 Å². The van der Waals surface area contributed by atoms with Crippen molar-refractivity contribution in [1.82, 2.24) is 0 Å². The van der Waals surface area contributed by atoms with Gasteiger partial charge in [0.2, 0.25) is 0 Å². The van der Waals surface area contributed by atoms with Gasteiger partial charge < -0.3 is 4.74 Å². The summed E-state index contributed by atoms with van der Waals surface area (Å²) in [6, 6.07) is 6.01. The summed E-state index contributed by atoms with van der Waals surface area (Å²) >= 11 is 3.29. The maximum absolute atomic E-state index is 12.4. The molecule has 1 aromatic rings. The van der Waals surface area contributed by atoms with Crippen LogP contribution in [0.1, 0.15) is 6.92 Å². The van der Waals surface area contributed by atoms with Crippen molar-refractivity contribution in [2.24, 2.45) is 0 Å². The number of alkyl halides is 1. The molecule has 1 aromatic carbocycles. The molecular formula is C9H10BrFO. The number of benzene rings is 1. The standard InChI is InChI=1S/C9H10BrFO/c1-7(6-10)12-9-4-2-8(11)3-5-9/h2-5,7H,6H2,1H3/t7-/m1/s1. The Balaban J connectivity index is 2.58. The molecule has 3 heteroatoms. The second-order valence-electron chi connectivity index (χ2n) is 2.54. The molecule has 0 radical (unpaired) electrons. The lowest BCUT2D eigenvalue weighted by atomic mass is 10.3. The van der Waals surface area contributed by atoms with Crippen LogP contribution >= 0.6 is 15.9 Å². The molecule has 0 spiro atoms. The number of hydrogen-bond acceptors (Lipinski definition) is 1. The van der Waals surface area contributed by atoms with Crippen LogP contribution < -0.4 is 4.74 Å². The summed E-state index contributed by atoms with van der Waals surface area (Å²) < 4.78 is 17.8. The van der Waals surface area contributed by atoms with Crippen LogP contribution in [0.2, 0.25) is 0 Å². The molecule has 0 aliphatic rings. The number of hydrogen-bond donors (Lipinski definition) is 0. The third kappa shape index (κ3) is 2.81. The van der Waals surface area contributed by atoms with E-state index in [1.165, 1.54) is 12.1 Å². The maximum Gasteiger partial charge on any atom is 0.123 e. The molecule has 0 aliphatic heterocycles. The zero-order valence-electron chi connectivity index (χ0n) is 6.76. The van der Waals surface area contributed by atoms with Gasteiger partial charge in [0.15, 0.2) is 0 Å². The van der Waals surface area contributed by atoms with E-state index in [0.29, 0.717) is 5.75 Å². The van der Waals surface area contributed by atoms with Gasteiger partial charge in [-0.25, -0.2) is 4.39 Å². The highest BCUT2D eigenvalue weighted by molar-refractivity contribution is 9.09. The molecule has 66 valence electrons. The largest absolute Gasteiger partial charge is 0.490 e. The average molecular weight is 233 g/mol. The Morgan fingerprint density at radius 2 is 2.00 bits per heavy atom. The minimum Gasteiger partial charge on any atom is -0.490 e. The quantitative estimate of drug-likeness (QED) is 0.729. The van der Waals surface area contributed by atoms with Crippen LogP contribution in [0.15, 0.2) is 24.3 Å². The Hall–Kier alpha value is -0.570. The smallest absolute Gasteiger partial charge is 0.123 e. The van der Waals surface area contributed by atoms with Crippen LogP contribution in [-0.2, 0) is 0 Å². The first kappa shape index (κ1) is 9.52. The number of ether oxygens (including phenoxy) is 1. The highest BCUT2D eigenvalue weighted by Crippen LogP contribution is 2.13. The summed E-state index contributed by atoms with van der Waals surface area (Å²) in [6.07, 6.45) is 0.107. The molecule has 0 aromatic heterocycles. The molecule has 0 amide bonds. The highest BCUT2D eigenvalue weighted by Gasteiger charge is 2.00. The van der Waals surface area contributed by atoms with E-state index in [2.05, 4.69) is 15.9 Å². The molecule has 0 saturated carbocycles. The van der Waals surface area contributed by atoms with Crippen LogP contribution in [0.3, 0.4) is 0 Å². The Labute approximate surface area is 79.7 Å². The van der Waals surface area contributed by atoms with Gasteiger partial charge in [0.25, 0.3) is 0 Å². The Kier molecular flexibility index (Phi) is 3.53. The second kappa shape index (κ2) is 4.45. The monoisotopic (exact) mass is 232 g/mol. The summed E-state index contributed by atoms with van der Waals surface area (Å²) in [4.78, 5) is 0. The lowest BCUT2D eigenvalue weighted by Gasteiger charge is -2.10. The summed E-state index contributed by atoms with van der Waals surface area (Å²) in [5.41, 5.74) is 0. The number of halogens is 2. The maximum atomic E-state index is 12.4. The number of rotatable bonds is 3. The molecule has 1 rings (SSSR count). The molecule has 1 nitrogen and oxygen atoms in total. The van der Waals surface area contributed by atoms with Crippen molar-refractivity contribution in [2.45, 2.75) is 13.0 Å². The van der Waals surface area contributed by atoms with Crippen LogP contribution in [0.25, 0.3) is 0 Å². The van der Waals surface area contributed by atoms with E-state index in [-0.39, 0.29) is 11.9 Å². The van der Waals surface area contributed by atoms with Crippen molar-refractivity contribution in [3.05, 3.63) is 30.1 Å². The van der Waals surface area contributed by atoms with E-state index in [0.717, 1.165) is 5.33 Å². The predicted molar refractivity (Wildman–Crippen MR) is 50.3 cm³/mol. The predicted octanol–water partition coefficient (Wildman–Crippen LogP) is 2.99. The van der Waals surface area contributed by atoms with Gasteiger partial charge in [0, 0.05) is 5.33 Å². The average Bonchev–Trinajstić information content (AvgIpc) is 2.09. The van der Waals surface area contributed by atoms with Gasteiger partial charge in [-0.2, -0.15) is 0 Å². The fourth-order valence-corrected chi connectivity index (χ4v) is 0.909. The molecule has 0 aliphatic carbocycles. The second-order valence-corrected chi connectivity index (χ2v) is 3.18. The van der Waals surface area contributed by atoms with Crippen molar-refractivity contribution in [3.8, 4) is 5.75 Å². The van der Waals surface area contributed by atoms with Crippen molar-refractivity contribution in [1.29, 1.82) is 0 Å². The Bertz CT molecular complexity index is 235. The summed E-state index contributed by atoms with van der Waals surface area (Å²) in [5, 5.41) is 0.768. The minimum absolute atomic E-state index is 0.107. The van der Waals surface area contributed by atoms with Gasteiger partial charge in [-0.05, 0) is 31.2 Å². The van der Waals surface area contributed by atoms with Gasteiger partial charge in [0.05, 0.1) is 0 Å². The molecule has 0 fully saturated rings. The van der Waals surface area contributed by atoms with Crippen LogP contribution in [0.5, 0.6) is 5.75 Å². The third-order valence-corrected chi connectivity index (χ3v) is 2.28. The highest BCUT2D eigenvalue weighted by atomic mass is 79.9. The Morgan fingerprint density at radius 3 is 2.50 bits per heavy atom. The molecule has 0 unspecified atom stereocenters. The minimum atomic E-state index is -0.242. The van der Waals surface area contributed by atoms with Crippen LogP contribution in [0.4, 0.5) is 4.39 Å². The van der Waals surface area contributed by atoms with Crippen LogP contribution in [-0.4, -0.2) is 11.4 Å². The zero-order valence-corrected chi connectivity index (χ0v) is 8.34. The molecule has 0 heterocycles. The molecule has 12 heavy (non-hydrogen) atoms.